The van der Waals surface area contributed by atoms with E-state index in [-0.39, 0.29) is 15.3 Å². The number of amidine groups is 1. The second-order valence-corrected chi connectivity index (χ2v) is 10.6. The van der Waals surface area contributed by atoms with Gasteiger partial charge in [0, 0.05) is 11.0 Å². The van der Waals surface area contributed by atoms with Gasteiger partial charge >= 0.3 is 0 Å². The lowest BCUT2D eigenvalue weighted by molar-refractivity contribution is -0.122. The van der Waals surface area contributed by atoms with E-state index in [0.717, 1.165) is 33.1 Å². The van der Waals surface area contributed by atoms with Gasteiger partial charge in [0.1, 0.15) is 4.21 Å². The maximum atomic E-state index is 12.6. The summed E-state index contributed by atoms with van der Waals surface area (Å²) in [7, 11) is -3.92. The lowest BCUT2D eigenvalue weighted by Crippen LogP contribution is -2.29. The Kier molecular flexibility index (Phi) is 5.93. The van der Waals surface area contributed by atoms with Crippen molar-refractivity contribution in [3.63, 3.8) is 0 Å². The van der Waals surface area contributed by atoms with Crippen LogP contribution >= 0.6 is 50.6 Å². The first-order valence-electron chi connectivity index (χ1n) is 7.37. The number of hydrogen-bond acceptors (Lipinski definition) is 5. The molecular formula is C16H12BrClN2O3S3. The van der Waals surface area contributed by atoms with Crippen molar-refractivity contribution in [1.29, 1.82) is 0 Å². The maximum Gasteiger partial charge on any atom is 0.294 e. The molecule has 0 bridgehead atoms. The zero-order valence-electron chi connectivity index (χ0n) is 13.3. The standard InChI is InChI=1S/C16H12BrClN2O3S3/c1-2-20-15(21)12(9-10-3-5-11(17)6-4-10)24-16(20)19-26(22,23)14-8-7-13(18)25-14/h3-9H,2H2,1H3/b12-9-,19-16+. The van der Waals surface area contributed by atoms with Crippen LogP contribution in [0.25, 0.3) is 6.08 Å². The minimum absolute atomic E-state index is 0.0458. The van der Waals surface area contributed by atoms with Gasteiger partial charge in [-0.25, -0.2) is 0 Å². The topological polar surface area (TPSA) is 66.8 Å². The van der Waals surface area contributed by atoms with Crippen LogP contribution in [0.3, 0.4) is 0 Å². The molecule has 3 rings (SSSR count). The number of carbonyl (C=O) groups excluding carboxylic acids is 1. The molecule has 26 heavy (non-hydrogen) atoms. The molecule has 1 aliphatic heterocycles. The number of rotatable bonds is 4. The zero-order valence-corrected chi connectivity index (χ0v) is 18.1. The zero-order chi connectivity index (χ0) is 18.9. The number of nitrogens with zero attached hydrogens (tertiary/aromatic N) is 2. The highest BCUT2D eigenvalue weighted by molar-refractivity contribution is 9.10. The summed E-state index contributed by atoms with van der Waals surface area (Å²) in [6, 6.07) is 10.4. The molecule has 0 atom stereocenters. The van der Waals surface area contributed by atoms with Crippen LogP contribution in [0.4, 0.5) is 0 Å². The highest BCUT2D eigenvalue weighted by Crippen LogP contribution is 2.34. The van der Waals surface area contributed by atoms with Crippen LogP contribution in [-0.2, 0) is 14.8 Å². The van der Waals surface area contributed by atoms with E-state index in [2.05, 4.69) is 20.3 Å². The van der Waals surface area contributed by atoms with E-state index < -0.39 is 10.0 Å². The molecule has 0 aliphatic carbocycles. The third-order valence-electron chi connectivity index (χ3n) is 3.37. The maximum absolute atomic E-state index is 12.6. The smallest absolute Gasteiger partial charge is 0.286 e. The van der Waals surface area contributed by atoms with Crippen LogP contribution < -0.4 is 0 Å². The van der Waals surface area contributed by atoms with Crippen molar-refractivity contribution >= 4 is 77.8 Å². The van der Waals surface area contributed by atoms with Crippen molar-refractivity contribution < 1.29 is 13.2 Å². The molecule has 0 N–H and O–H groups in total. The van der Waals surface area contributed by atoms with Gasteiger partial charge in [0.05, 0.1) is 9.24 Å². The Morgan fingerprint density at radius 3 is 2.50 bits per heavy atom. The molecule has 136 valence electrons. The molecule has 1 saturated heterocycles. The number of thiophene rings is 1. The predicted molar refractivity (Wildman–Crippen MR) is 111 cm³/mol. The van der Waals surface area contributed by atoms with Gasteiger partial charge in [-0.05, 0) is 54.6 Å². The fourth-order valence-corrected chi connectivity index (χ4v) is 6.12. The molecule has 1 fully saturated rings. The summed E-state index contributed by atoms with van der Waals surface area (Å²) < 4.78 is 30.1. The highest BCUT2D eigenvalue weighted by Gasteiger charge is 2.34. The molecule has 1 aromatic carbocycles. The Labute approximate surface area is 172 Å². The van der Waals surface area contributed by atoms with E-state index >= 15 is 0 Å². The lowest BCUT2D eigenvalue weighted by atomic mass is 10.2. The molecule has 1 aromatic heterocycles. The molecule has 0 radical (unpaired) electrons. The number of benzene rings is 1. The van der Waals surface area contributed by atoms with Crippen molar-refractivity contribution in [2.75, 3.05) is 6.54 Å². The first-order valence-corrected chi connectivity index (χ1v) is 11.6. The van der Waals surface area contributed by atoms with Gasteiger partial charge in [-0.3, -0.25) is 9.69 Å². The SMILES string of the molecule is CCN1C(=O)/C(=C/c2ccc(Br)cc2)S/C1=N/S(=O)(=O)c1ccc(Cl)s1. The summed E-state index contributed by atoms with van der Waals surface area (Å²) in [5.74, 6) is -0.265. The van der Waals surface area contributed by atoms with Crippen LogP contribution in [-0.4, -0.2) is 30.9 Å². The van der Waals surface area contributed by atoms with Gasteiger partial charge < -0.3 is 0 Å². The third kappa shape index (κ3) is 4.23. The van der Waals surface area contributed by atoms with Gasteiger partial charge in [0.25, 0.3) is 15.9 Å². The Balaban J connectivity index is 1.95. The summed E-state index contributed by atoms with van der Waals surface area (Å²) in [5.41, 5.74) is 0.842. The molecule has 0 spiro atoms. The molecule has 2 aromatic rings. The number of hydrogen-bond donors (Lipinski definition) is 0. The van der Waals surface area contributed by atoms with Crippen LogP contribution in [0.2, 0.25) is 4.34 Å². The fraction of sp³-hybridized carbons (Fsp3) is 0.125. The first-order chi connectivity index (χ1) is 12.3. The quantitative estimate of drug-likeness (QED) is 0.574. The van der Waals surface area contributed by atoms with Gasteiger partial charge in [-0.1, -0.05) is 39.7 Å². The van der Waals surface area contributed by atoms with Crippen LogP contribution in [0, 0.1) is 0 Å². The van der Waals surface area contributed by atoms with E-state index in [9.17, 15) is 13.2 Å². The lowest BCUT2D eigenvalue weighted by Gasteiger charge is -2.11. The Morgan fingerprint density at radius 1 is 1.23 bits per heavy atom. The monoisotopic (exact) mass is 490 g/mol. The van der Waals surface area contributed by atoms with Crippen LogP contribution in [0.15, 0.2) is 54.4 Å². The van der Waals surface area contributed by atoms with E-state index in [0.29, 0.717) is 15.8 Å². The van der Waals surface area contributed by atoms with Crippen molar-refractivity contribution in [2.45, 2.75) is 11.1 Å². The summed E-state index contributed by atoms with van der Waals surface area (Å²) in [6.45, 7) is 2.09. The highest BCUT2D eigenvalue weighted by atomic mass is 79.9. The molecule has 10 heteroatoms. The molecular weight excluding hydrogens is 480 g/mol. The molecule has 5 nitrogen and oxygen atoms in total. The second kappa shape index (κ2) is 7.85. The van der Waals surface area contributed by atoms with Crippen molar-refractivity contribution in [1.82, 2.24) is 4.90 Å². The Bertz CT molecular complexity index is 1010. The number of carbonyl (C=O) groups is 1. The normalized spacial score (nSPS) is 18.3. The molecule has 1 amide bonds. The Hall–Kier alpha value is -1.13. The summed E-state index contributed by atoms with van der Waals surface area (Å²) in [6.07, 6.45) is 1.72. The van der Waals surface area contributed by atoms with E-state index in [1.807, 2.05) is 24.3 Å². The predicted octanol–water partition coefficient (Wildman–Crippen LogP) is 4.85. The van der Waals surface area contributed by atoms with Crippen molar-refractivity contribution in [2.24, 2.45) is 4.40 Å². The largest absolute Gasteiger partial charge is 0.294 e. The average Bonchev–Trinajstić information content (AvgIpc) is 3.14. The molecule has 2 heterocycles. The second-order valence-electron chi connectivity index (χ2n) is 5.12. The summed E-state index contributed by atoms with van der Waals surface area (Å²) in [4.78, 5) is 14.4. The minimum Gasteiger partial charge on any atom is -0.286 e. The van der Waals surface area contributed by atoms with Crippen LogP contribution in [0.1, 0.15) is 12.5 Å². The van der Waals surface area contributed by atoms with Gasteiger partial charge in [-0.15, -0.1) is 15.7 Å². The number of thioether (sulfide) groups is 1. The number of halogens is 2. The van der Waals surface area contributed by atoms with Crippen LogP contribution in [0.5, 0.6) is 0 Å². The first kappa shape index (κ1) is 19.6. The minimum atomic E-state index is -3.92. The number of likely N-dealkylation sites (N-methyl/N-ethyl adjacent to an activating group) is 1. The molecule has 1 aliphatic rings. The number of sulfonamides is 1. The van der Waals surface area contributed by atoms with Crippen molar-refractivity contribution in [3.05, 3.63) is 55.7 Å². The molecule has 0 saturated carbocycles. The number of amides is 1. The Morgan fingerprint density at radius 2 is 1.92 bits per heavy atom. The fourth-order valence-electron chi connectivity index (χ4n) is 2.15. The van der Waals surface area contributed by atoms with Gasteiger partial charge in [-0.2, -0.15) is 8.42 Å². The van der Waals surface area contributed by atoms with E-state index in [1.54, 1.807) is 13.0 Å². The summed E-state index contributed by atoms with van der Waals surface area (Å²) in [5, 5.41) is 0.144. The van der Waals surface area contributed by atoms with E-state index in [4.69, 9.17) is 11.6 Å². The van der Waals surface area contributed by atoms with Crippen molar-refractivity contribution in [3.8, 4) is 0 Å². The average molecular weight is 492 g/mol. The third-order valence-corrected chi connectivity index (χ3v) is 7.99. The van der Waals surface area contributed by atoms with Gasteiger partial charge in [0.15, 0.2) is 5.17 Å². The molecule has 0 unspecified atom stereocenters. The summed E-state index contributed by atoms with van der Waals surface area (Å²) >= 11 is 11.2. The van der Waals surface area contributed by atoms with E-state index in [1.165, 1.54) is 17.0 Å². The van der Waals surface area contributed by atoms with Gasteiger partial charge in [0.2, 0.25) is 0 Å².